The number of aryl methyl sites for hydroxylation is 2. The number of hydrogen-bond acceptors (Lipinski definition) is 1. The van der Waals surface area contributed by atoms with Crippen LogP contribution in [0.4, 0.5) is 0 Å². The van der Waals surface area contributed by atoms with Gasteiger partial charge in [0.05, 0.1) is 11.2 Å². The Labute approximate surface area is 118 Å². The zero-order valence-electron chi connectivity index (χ0n) is 11.4. The minimum absolute atomic E-state index is 0.572. The summed E-state index contributed by atoms with van der Waals surface area (Å²) < 4.78 is 2.10. The van der Waals surface area contributed by atoms with Crippen LogP contribution in [0.15, 0.2) is 24.3 Å². The monoisotopic (exact) mass is 308 g/mol. The minimum atomic E-state index is 0.572. The van der Waals surface area contributed by atoms with Crippen molar-refractivity contribution in [2.24, 2.45) is 5.92 Å². The lowest BCUT2D eigenvalue weighted by atomic mass is 10.0. The number of halogens is 1. The van der Waals surface area contributed by atoms with Crippen LogP contribution in [-0.2, 0) is 13.0 Å². The van der Waals surface area contributed by atoms with E-state index in [1.165, 1.54) is 16.6 Å². The van der Waals surface area contributed by atoms with E-state index in [4.69, 9.17) is 5.10 Å². The Hall–Kier alpha value is -0.830. The topological polar surface area (TPSA) is 17.8 Å². The molecule has 2 aromatic rings. The third-order valence-corrected chi connectivity index (χ3v) is 4.93. The van der Waals surface area contributed by atoms with Crippen molar-refractivity contribution in [2.45, 2.75) is 45.0 Å². The summed E-state index contributed by atoms with van der Waals surface area (Å²) >= 11 is 3.75. The van der Waals surface area contributed by atoms with Crippen LogP contribution in [-0.4, -0.2) is 14.6 Å². The number of fused-ring (bicyclic) bond motifs is 1. The van der Waals surface area contributed by atoms with E-state index in [2.05, 4.69) is 65.6 Å². The van der Waals surface area contributed by atoms with Crippen molar-refractivity contribution in [3.05, 3.63) is 30.0 Å². The number of para-hydroxylation sites is 1. The fourth-order valence-corrected chi connectivity index (χ4v) is 2.46. The lowest BCUT2D eigenvalue weighted by Gasteiger charge is -2.12. The van der Waals surface area contributed by atoms with E-state index in [1.807, 2.05) is 0 Å². The molecule has 1 heterocycles. The van der Waals surface area contributed by atoms with Gasteiger partial charge in [-0.15, -0.1) is 0 Å². The number of alkyl halides is 1. The van der Waals surface area contributed by atoms with Gasteiger partial charge in [0.15, 0.2) is 0 Å². The molecule has 0 aliphatic carbocycles. The Morgan fingerprint density at radius 1 is 1.28 bits per heavy atom. The van der Waals surface area contributed by atoms with Crippen molar-refractivity contribution in [3.63, 3.8) is 0 Å². The standard InChI is InChI=1S/C15H21BrN2/c1-4-18-15-8-6-5-7-12(15)14(17-18)10-9-13(16)11(2)3/h5-8,11,13H,4,9-10H2,1-3H3. The van der Waals surface area contributed by atoms with Crippen LogP contribution in [0.25, 0.3) is 10.9 Å². The first-order valence-electron chi connectivity index (χ1n) is 6.72. The number of nitrogens with zero attached hydrogens (tertiary/aromatic N) is 2. The molecule has 0 saturated carbocycles. The first-order valence-corrected chi connectivity index (χ1v) is 7.63. The molecule has 0 amide bonds. The molecule has 98 valence electrons. The summed E-state index contributed by atoms with van der Waals surface area (Å²) in [6.07, 6.45) is 2.18. The molecule has 0 saturated heterocycles. The third-order valence-electron chi connectivity index (χ3n) is 3.41. The molecular weight excluding hydrogens is 288 g/mol. The van der Waals surface area contributed by atoms with Crippen LogP contribution in [0.1, 0.15) is 32.9 Å². The fourth-order valence-electron chi connectivity index (χ4n) is 2.23. The number of rotatable bonds is 5. The van der Waals surface area contributed by atoms with Gasteiger partial charge in [0.1, 0.15) is 0 Å². The highest BCUT2D eigenvalue weighted by Gasteiger charge is 2.13. The summed E-state index contributed by atoms with van der Waals surface area (Å²) in [5.74, 6) is 0.671. The zero-order valence-corrected chi connectivity index (χ0v) is 12.9. The first-order chi connectivity index (χ1) is 8.63. The number of benzene rings is 1. The van der Waals surface area contributed by atoms with E-state index in [0.717, 1.165) is 19.4 Å². The molecule has 3 heteroatoms. The lowest BCUT2D eigenvalue weighted by molar-refractivity contribution is 0.573. The fraction of sp³-hybridized carbons (Fsp3) is 0.533. The van der Waals surface area contributed by atoms with Crippen LogP contribution in [0.2, 0.25) is 0 Å². The van der Waals surface area contributed by atoms with Crippen LogP contribution < -0.4 is 0 Å². The maximum Gasteiger partial charge on any atom is 0.0703 e. The molecule has 0 N–H and O–H groups in total. The molecule has 0 aliphatic heterocycles. The maximum absolute atomic E-state index is 4.73. The Balaban J connectivity index is 2.23. The van der Waals surface area contributed by atoms with Gasteiger partial charge in [-0.2, -0.15) is 5.10 Å². The summed E-state index contributed by atoms with van der Waals surface area (Å²) in [5, 5.41) is 6.04. The quantitative estimate of drug-likeness (QED) is 0.748. The molecule has 0 radical (unpaired) electrons. The average Bonchev–Trinajstić information content (AvgIpc) is 2.74. The normalized spacial score (nSPS) is 13.4. The van der Waals surface area contributed by atoms with Crippen LogP contribution in [0, 0.1) is 5.92 Å². The molecule has 18 heavy (non-hydrogen) atoms. The molecule has 2 rings (SSSR count). The summed E-state index contributed by atoms with van der Waals surface area (Å²) in [6, 6.07) is 8.52. The van der Waals surface area contributed by atoms with Crippen LogP contribution >= 0.6 is 15.9 Å². The van der Waals surface area contributed by atoms with Crippen molar-refractivity contribution in [1.29, 1.82) is 0 Å². The summed E-state index contributed by atoms with van der Waals surface area (Å²) in [6.45, 7) is 7.58. The van der Waals surface area contributed by atoms with Gasteiger partial charge in [0, 0.05) is 16.8 Å². The predicted molar refractivity (Wildman–Crippen MR) is 81.3 cm³/mol. The molecule has 0 fully saturated rings. The van der Waals surface area contributed by atoms with Gasteiger partial charge in [-0.3, -0.25) is 4.68 Å². The van der Waals surface area contributed by atoms with E-state index >= 15 is 0 Å². The minimum Gasteiger partial charge on any atom is -0.265 e. The summed E-state index contributed by atoms with van der Waals surface area (Å²) in [7, 11) is 0. The molecule has 0 aliphatic rings. The summed E-state index contributed by atoms with van der Waals surface area (Å²) in [4.78, 5) is 0.572. The maximum atomic E-state index is 4.73. The molecule has 1 aromatic heterocycles. The predicted octanol–water partition coefficient (Wildman–Crippen LogP) is 4.41. The number of hydrogen-bond donors (Lipinski definition) is 0. The number of aromatic nitrogens is 2. The highest BCUT2D eigenvalue weighted by Crippen LogP contribution is 2.23. The second kappa shape index (κ2) is 5.87. The second-order valence-corrected chi connectivity index (χ2v) is 6.25. The van der Waals surface area contributed by atoms with Crippen molar-refractivity contribution in [1.82, 2.24) is 9.78 Å². The van der Waals surface area contributed by atoms with Gasteiger partial charge in [-0.05, 0) is 31.7 Å². The smallest absolute Gasteiger partial charge is 0.0703 e. The molecule has 1 unspecified atom stereocenters. The highest BCUT2D eigenvalue weighted by atomic mass is 79.9. The Morgan fingerprint density at radius 2 is 2.00 bits per heavy atom. The SMILES string of the molecule is CCn1nc(CCC(Br)C(C)C)c2ccccc21. The highest BCUT2D eigenvalue weighted by molar-refractivity contribution is 9.09. The van der Waals surface area contributed by atoms with E-state index in [-0.39, 0.29) is 0 Å². The largest absolute Gasteiger partial charge is 0.265 e. The van der Waals surface area contributed by atoms with Gasteiger partial charge in [-0.1, -0.05) is 48.0 Å². The van der Waals surface area contributed by atoms with Gasteiger partial charge < -0.3 is 0 Å². The van der Waals surface area contributed by atoms with Crippen molar-refractivity contribution in [2.75, 3.05) is 0 Å². The Kier molecular flexibility index (Phi) is 4.44. The van der Waals surface area contributed by atoms with Gasteiger partial charge in [0.25, 0.3) is 0 Å². The van der Waals surface area contributed by atoms with E-state index in [0.29, 0.717) is 10.7 Å². The molecular formula is C15H21BrN2. The van der Waals surface area contributed by atoms with Crippen molar-refractivity contribution < 1.29 is 0 Å². The van der Waals surface area contributed by atoms with Crippen LogP contribution in [0.3, 0.4) is 0 Å². The van der Waals surface area contributed by atoms with Crippen LogP contribution in [0.5, 0.6) is 0 Å². The van der Waals surface area contributed by atoms with Gasteiger partial charge >= 0.3 is 0 Å². The van der Waals surface area contributed by atoms with E-state index in [9.17, 15) is 0 Å². The van der Waals surface area contributed by atoms with E-state index < -0.39 is 0 Å². The van der Waals surface area contributed by atoms with Gasteiger partial charge in [0.2, 0.25) is 0 Å². The molecule has 1 aromatic carbocycles. The second-order valence-electron chi connectivity index (χ2n) is 5.08. The summed E-state index contributed by atoms with van der Waals surface area (Å²) in [5.41, 5.74) is 2.49. The third kappa shape index (κ3) is 2.77. The molecule has 2 nitrogen and oxygen atoms in total. The first kappa shape index (κ1) is 13.6. The molecule has 1 atom stereocenters. The lowest BCUT2D eigenvalue weighted by Crippen LogP contribution is -2.08. The van der Waals surface area contributed by atoms with Crippen molar-refractivity contribution in [3.8, 4) is 0 Å². The average molecular weight is 309 g/mol. The van der Waals surface area contributed by atoms with Gasteiger partial charge in [-0.25, -0.2) is 0 Å². The molecule has 0 bridgehead atoms. The Bertz CT molecular complexity index is 516. The Morgan fingerprint density at radius 3 is 2.67 bits per heavy atom. The molecule has 0 spiro atoms. The zero-order chi connectivity index (χ0) is 13.1. The van der Waals surface area contributed by atoms with Crippen molar-refractivity contribution >= 4 is 26.8 Å². The van der Waals surface area contributed by atoms with E-state index in [1.54, 1.807) is 0 Å².